The number of amides is 1. The number of rotatable bonds is 7. The lowest BCUT2D eigenvalue weighted by atomic mass is 10.0. The highest BCUT2D eigenvalue weighted by Gasteiger charge is 2.33. The second kappa shape index (κ2) is 10.0. The summed E-state index contributed by atoms with van der Waals surface area (Å²) in [5.74, 6) is 1.55. The normalized spacial score (nSPS) is 14.9. The topological polar surface area (TPSA) is 54.5 Å². The van der Waals surface area contributed by atoms with E-state index in [1.54, 1.807) is 25.1 Å². The monoisotopic (exact) mass is 467 g/mol. The molecule has 0 unspecified atom stereocenters. The molecule has 0 saturated heterocycles. The molecule has 1 aliphatic heterocycles. The van der Waals surface area contributed by atoms with Crippen molar-refractivity contribution in [3.63, 3.8) is 0 Å². The van der Waals surface area contributed by atoms with Gasteiger partial charge in [-0.3, -0.25) is 4.79 Å². The van der Waals surface area contributed by atoms with Gasteiger partial charge in [0.15, 0.2) is 0 Å². The number of aromatic nitrogens is 1. The van der Waals surface area contributed by atoms with Crippen LogP contribution in [0.5, 0.6) is 5.75 Å². The van der Waals surface area contributed by atoms with E-state index in [1.807, 2.05) is 89.8 Å². The van der Waals surface area contributed by atoms with Crippen molar-refractivity contribution >= 4 is 23.4 Å². The maximum atomic E-state index is 13.6. The van der Waals surface area contributed by atoms with Gasteiger partial charge in [-0.2, -0.15) is 0 Å². The third kappa shape index (κ3) is 4.63. The first kappa shape index (κ1) is 22.0. The quantitative estimate of drug-likeness (QED) is 0.331. The minimum atomic E-state index is -0.299. The Hall–Kier alpha value is -3.77. The lowest BCUT2D eigenvalue weighted by molar-refractivity contribution is 0.0666. The maximum absolute atomic E-state index is 13.6. The van der Waals surface area contributed by atoms with Gasteiger partial charge in [0.25, 0.3) is 5.91 Å². The molecule has 1 aliphatic rings. The van der Waals surface area contributed by atoms with Gasteiger partial charge in [0.05, 0.1) is 17.7 Å². The fourth-order valence-electron chi connectivity index (χ4n) is 4.16. The number of para-hydroxylation sites is 1. The molecule has 1 N–H and O–H groups in total. The molecule has 0 saturated carbocycles. The van der Waals surface area contributed by atoms with Gasteiger partial charge in [-0.05, 0) is 47.5 Å². The molecule has 0 aliphatic carbocycles. The zero-order chi connectivity index (χ0) is 23.3. The summed E-state index contributed by atoms with van der Waals surface area (Å²) in [5, 5.41) is 4.56. The van der Waals surface area contributed by atoms with Crippen LogP contribution in [0, 0.1) is 0 Å². The van der Waals surface area contributed by atoms with Gasteiger partial charge in [0.1, 0.15) is 11.9 Å². The Morgan fingerprint density at radius 1 is 0.971 bits per heavy atom. The molecule has 5 nitrogen and oxygen atoms in total. The molecule has 1 atom stereocenters. The van der Waals surface area contributed by atoms with Gasteiger partial charge in [0.2, 0.25) is 0 Å². The number of pyridine rings is 1. The van der Waals surface area contributed by atoms with E-state index in [2.05, 4.69) is 16.4 Å². The summed E-state index contributed by atoms with van der Waals surface area (Å²) >= 11 is 1.66. The minimum absolute atomic E-state index is 0.0171. The Balaban J connectivity index is 1.49. The van der Waals surface area contributed by atoms with Crippen LogP contribution in [0.15, 0.2) is 102 Å². The van der Waals surface area contributed by atoms with E-state index in [0.717, 1.165) is 33.2 Å². The number of thioether (sulfide) groups is 1. The fraction of sp³-hybridized carbons (Fsp3) is 0.143. The van der Waals surface area contributed by atoms with Crippen LogP contribution in [-0.4, -0.2) is 22.9 Å². The summed E-state index contributed by atoms with van der Waals surface area (Å²) in [6.45, 7) is 0.510. The number of nitrogens with zero attached hydrogens (tertiary/aromatic N) is 2. The molecule has 0 bridgehead atoms. The second-order valence-corrected chi connectivity index (χ2v) is 9.03. The van der Waals surface area contributed by atoms with Gasteiger partial charge in [-0.25, -0.2) is 4.98 Å². The summed E-state index contributed by atoms with van der Waals surface area (Å²) in [6, 6.07) is 29.8. The molecule has 5 rings (SSSR count). The molecule has 1 amide bonds. The molecular weight excluding hydrogens is 442 g/mol. The number of carbonyl (C=O) groups is 1. The largest absolute Gasteiger partial charge is 0.496 e. The molecule has 170 valence electrons. The fourth-order valence-corrected chi connectivity index (χ4v) is 5.00. The van der Waals surface area contributed by atoms with Crippen LogP contribution in [0.1, 0.15) is 33.2 Å². The average Bonchev–Trinajstić information content (AvgIpc) is 2.90. The molecule has 3 aromatic carbocycles. The van der Waals surface area contributed by atoms with Crippen LogP contribution in [0.4, 0.5) is 5.69 Å². The smallest absolute Gasteiger partial charge is 0.258 e. The average molecular weight is 468 g/mol. The highest BCUT2D eigenvalue weighted by molar-refractivity contribution is 7.98. The van der Waals surface area contributed by atoms with Gasteiger partial charge in [-0.1, -0.05) is 54.6 Å². The van der Waals surface area contributed by atoms with E-state index in [9.17, 15) is 4.79 Å². The van der Waals surface area contributed by atoms with Gasteiger partial charge in [0, 0.05) is 29.7 Å². The van der Waals surface area contributed by atoms with E-state index in [-0.39, 0.29) is 12.1 Å². The minimum Gasteiger partial charge on any atom is -0.496 e. The van der Waals surface area contributed by atoms with Crippen molar-refractivity contribution in [1.29, 1.82) is 0 Å². The summed E-state index contributed by atoms with van der Waals surface area (Å²) in [5.41, 5.74) is 4.69. The summed E-state index contributed by atoms with van der Waals surface area (Å²) < 4.78 is 5.64. The molecule has 34 heavy (non-hydrogen) atoms. The number of methoxy groups -OCH3 is 1. The number of fused-ring (bicyclic) bond motifs is 1. The second-order valence-electron chi connectivity index (χ2n) is 8.04. The van der Waals surface area contributed by atoms with Crippen LogP contribution in [0.25, 0.3) is 0 Å². The van der Waals surface area contributed by atoms with E-state index < -0.39 is 0 Å². The SMILES string of the molecule is COc1ccc([C@@H]2Nc3ccccc3C(=O)N2Cc2ccccc2)cc1CSc1ccccn1. The summed E-state index contributed by atoms with van der Waals surface area (Å²) in [4.78, 5) is 19.9. The maximum Gasteiger partial charge on any atom is 0.258 e. The predicted octanol–water partition coefficient (Wildman–Crippen LogP) is 6.15. The molecule has 0 radical (unpaired) electrons. The first-order chi connectivity index (χ1) is 16.7. The Bertz CT molecular complexity index is 1280. The number of ether oxygens (including phenoxy) is 1. The number of nitrogens with one attached hydrogen (secondary N) is 1. The Labute approximate surface area is 203 Å². The van der Waals surface area contributed by atoms with Crippen LogP contribution >= 0.6 is 11.8 Å². The number of anilines is 1. The highest BCUT2D eigenvalue weighted by atomic mass is 32.2. The zero-order valence-corrected chi connectivity index (χ0v) is 19.7. The number of hydrogen-bond donors (Lipinski definition) is 1. The first-order valence-electron chi connectivity index (χ1n) is 11.1. The molecule has 2 heterocycles. The van der Waals surface area contributed by atoms with E-state index in [4.69, 9.17) is 4.74 Å². The van der Waals surface area contributed by atoms with E-state index in [0.29, 0.717) is 17.9 Å². The number of benzene rings is 3. The van der Waals surface area contributed by atoms with Crippen molar-refractivity contribution in [2.24, 2.45) is 0 Å². The third-order valence-corrected chi connectivity index (χ3v) is 6.84. The van der Waals surface area contributed by atoms with Crippen molar-refractivity contribution < 1.29 is 9.53 Å². The molecule has 1 aromatic heterocycles. The van der Waals surface area contributed by atoms with Crippen molar-refractivity contribution in [3.05, 3.63) is 119 Å². The van der Waals surface area contributed by atoms with Crippen molar-refractivity contribution in [2.45, 2.75) is 23.5 Å². The van der Waals surface area contributed by atoms with Gasteiger partial charge in [-0.15, -0.1) is 11.8 Å². The summed E-state index contributed by atoms with van der Waals surface area (Å²) in [7, 11) is 1.68. The Morgan fingerprint density at radius 2 is 1.76 bits per heavy atom. The lowest BCUT2D eigenvalue weighted by Crippen LogP contribution is -2.42. The number of carbonyl (C=O) groups excluding carboxylic acids is 1. The highest BCUT2D eigenvalue weighted by Crippen LogP contribution is 2.36. The number of hydrogen-bond acceptors (Lipinski definition) is 5. The Morgan fingerprint density at radius 3 is 2.56 bits per heavy atom. The van der Waals surface area contributed by atoms with E-state index >= 15 is 0 Å². The first-order valence-corrected chi connectivity index (χ1v) is 12.1. The van der Waals surface area contributed by atoms with Gasteiger partial charge >= 0.3 is 0 Å². The standard InChI is InChI=1S/C28H25N3O2S/c1-33-25-15-14-21(17-22(25)19-34-26-13-7-8-16-29-26)27-30-24-12-6-5-11-23(24)28(32)31(27)18-20-9-3-2-4-10-20/h2-17,27,30H,18-19H2,1H3/t27-/m1/s1. The Kier molecular flexibility index (Phi) is 6.49. The van der Waals surface area contributed by atoms with Crippen molar-refractivity contribution in [2.75, 3.05) is 12.4 Å². The molecule has 4 aromatic rings. The van der Waals surface area contributed by atoms with Crippen LogP contribution in [-0.2, 0) is 12.3 Å². The van der Waals surface area contributed by atoms with Crippen LogP contribution < -0.4 is 10.1 Å². The van der Waals surface area contributed by atoms with E-state index in [1.165, 1.54) is 0 Å². The predicted molar refractivity (Wildman–Crippen MR) is 136 cm³/mol. The van der Waals surface area contributed by atoms with Crippen molar-refractivity contribution in [1.82, 2.24) is 9.88 Å². The van der Waals surface area contributed by atoms with Crippen LogP contribution in [0.2, 0.25) is 0 Å². The van der Waals surface area contributed by atoms with Gasteiger partial charge < -0.3 is 15.0 Å². The molecule has 6 heteroatoms. The summed E-state index contributed by atoms with van der Waals surface area (Å²) in [6.07, 6.45) is 1.50. The van der Waals surface area contributed by atoms with Crippen LogP contribution in [0.3, 0.4) is 0 Å². The molecule has 0 fully saturated rings. The third-order valence-electron chi connectivity index (χ3n) is 5.85. The zero-order valence-electron chi connectivity index (χ0n) is 18.8. The lowest BCUT2D eigenvalue weighted by Gasteiger charge is -2.38. The van der Waals surface area contributed by atoms with Crippen molar-refractivity contribution in [3.8, 4) is 5.75 Å². The molecule has 0 spiro atoms. The molecular formula is C28H25N3O2S.